The molecule has 3 aromatic rings. The van der Waals surface area contributed by atoms with E-state index >= 15 is 0 Å². The van der Waals surface area contributed by atoms with E-state index in [2.05, 4.69) is 10.0 Å². The number of nitrogens with one attached hydrogen (secondary N) is 2. The Bertz CT molecular complexity index is 1360. The van der Waals surface area contributed by atoms with Crippen molar-refractivity contribution < 1.29 is 32.3 Å². The van der Waals surface area contributed by atoms with Crippen LogP contribution in [0.25, 0.3) is 0 Å². The van der Waals surface area contributed by atoms with Gasteiger partial charge in [0.2, 0.25) is 6.79 Å². The molecule has 1 heterocycles. The van der Waals surface area contributed by atoms with Gasteiger partial charge < -0.3 is 19.5 Å². The van der Waals surface area contributed by atoms with Crippen LogP contribution in [-0.2, 0) is 10.0 Å². The summed E-state index contributed by atoms with van der Waals surface area (Å²) in [5, 5.41) is 13.9. The summed E-state index contributed by atoms with van der Waals surface area (Å²) in [7, 11) is -3.02. The summed E-state index contributed by atoms with van der Waals surface area (Å²) in [5.74, 6) is 0.368. The first-order valence-corrected chi connectivity index (χ1v) is 10.9. The summed E-state index contributed by atoms with van der Waals surface area (Å²) in [6, 6.07) is 14.1. The molecule has 0 spiro atoms. The Kier molecular flexibility index (Phi) is 5.75. The zero-order chi connectivity index (χ0) is 23.6. The third-order valence-corrected chi connectivity index (χ3v) is 6.07. The number of carbonyl (C=O) groups is 1. The molecule has 0 bridgehead atoms. The first-order valence-electron chi connectivity index (χ1n) is 9.44. The number of carbonyl (C=O) groups excluding carboxylic acids is 1. The third kappa shape index (κ3) is 4.50. The average Bonchev–Trinajstić information content (AvgIpc) is 3.26. The van der Waals surface area contributed by atoms with E-state index in [0.29, 0.717) is 17.2 Å². The number of amides is 1. The van der Waals surface area contributed by atoms with Gasteiger partial charge in [-0.15, -0.1) is 0 Å². The minimum atomic E-state index is -4.26. The molecule has 4 rings (SSSR count). The van der Waals surface area contributed by atoms with Crippen LogP contribution in [0.15, 0.2) is 65.6 Å². The van der Waals surface area contributed by atoms with Crippen LogP contribution in [-0.4, -0.2) is 33.2 Å². The number of sulfonamides is 1. The number of nitro groups is 1. The van der Waals surface area contributed by atoms with Crippen molar-refractivity contribution in [3.05, 3.63) is 76.3 Å². The fraction of sp³-hybridized carbons (Fsp3) is 0.0952. The van der Waals surface area contributed by atoms with E-state index in [1.54, 1.807) is 30.3 Å². The second-order valence-corrected chi connectivity index (χ2v) is 8.45. The van der Waals surface area contributed by atoms with E-state index in [4.69, 9.17) is 14.2 Å². The number of hydrogen-bond acceptors (Lipinski definition) is 8. The maximum Gasteiger partial charge on any atom is 0.312 e. The average molecular weight is 471 g/mol. The number of rotatable bonds is 7. The van der Waals surface area contributed by atoms with Crippen LogP contribution in [0.1, 0.15) is 10.4 Å². The summed E-state index contributed by atoms with van der Waals surface area (Å²) in [6.45, 7) is 0.0842. The summed E-state index contributed by atoms with van der Waals surface area (Å²) in [6.07, 6.45) is 0. The van der Waals surface area contributed by atoms with Gasteiger partial charge in [-0.05, 0) is 36.4 Å². The van der Waals surface area contributed by atoms with Crippen molar-refractivity contribution in [1.82, 2.24) is 0 Å². The molecule has 0 saturated carbocycles. The number of fused-ring (bicyclic) bond motifs is 1. The number of anilines is 2. The van der Waals surface area contributed by atoms with Gasteiger partial charge in [-0.3, -0.25) is 19.6 Å². The summed E-state index contributed by atoms with van der Waals surface area (Å²) >= 11 is 0. The van der Waals surface area contributed by atoms with Gasteiger partial charge in [-0.2, -0.15) is 0 Å². The Balaban J connectivity index is 1.60. The maximum absolute atomic E-state index is 12.9. The van der Waals surface area contributed by atoms with Crippen molar-refractivity contribution >= 4 is 33.0 Å². The molecule has 0 unspecified atom stereocenters. The highest BCUT2D eigenvalue weighted by Gasteiger charge is 2.24. The van der Waals surface area contributed by atoms with Crippen LogP contribution in [0.3, 0.4) is 0 Å². The van der Waals surface area contributed by atoms with Gasteiger partial charge in [-0.1, -0.05) is 12.1 Å². The van der Waals surface area contributed by atoms with Crippen LogP contribution in [0.2, 0.25) is 0 Å². The van der Waals surface area contributed by atoms with Crippen LogP contribution >= 0.6 is 0 Å². The number of hydrogen-bond donors (Lipinski definition) is 2. The van der Waals surface area contributed by atoms with Crippen molar-refractivity contribution in [2.45, 2.75) is 4.90 Å². The van der Waals surface area contributed by atoms with Gasteiger partial charge in [0.05, 0.1) is 28.2 Å². The molecule has 33 heavy (non-hydrogen) atoms. The number of ether oxygens (including phenoxy) is 3. The fourth-order valence-corrected chi connectivity index (χ4v) is 4.23. The lowest BCUT2D eigenvalue weighted by Gasteiger charge is -2.13. The van der Waals surface area contributed by atoms with Crippen molar-refractivity contribution in [3.63, 3.8) is 0 Å². The fourth-order valence-electron chi connectivity index (χ4n) is 3.13. The number of para-hydroxylation sites is 1. The number of benzene rings is 3. The lowest BCUT2D eigenvalue weighted by molar-refractivity contribution is -0.386. The summed E-state index contributed by atoms with van der Waals surface area (Å²) < 4.78 is 43.5. The second-order valence-electron chi connectivity index (χ2n) is 6.76. The van der Waals surface area contributed by atoms with Crippen LogP contribution in [0.5, 0.6) is 17.2 Å². The predicted octanol–water partition coefficient (Wildman–Crippen LogP) is 3.39. The summed E-state index contributed by atoms with van der Waals surface area (Å²) in [4.78, 5) is 23.0. The van der Waals surface area contributed by atoms with Crippen molar-refractivity contribution in [3.8, 4) is 17.2 Å². The van der Waals surface area contributed by atoms with Gasteiger partial charge in [-0.25, -0.2) is 8.42 Å². The zero-order valence-corrected chi connectivity index (χ0v) is 17.9. The summed E-state index contributed by atoms with van der Waals surface area (Å²) in [5.41, 5.74) is -0.0436. The third-order valence-electron chi connectivity index (χ3n) is 4.70. The van der Waals surface area contributed by atoms with Crippen LogP contribution < -0.4 is 24.2 Å². The molecule has 3 aromatic carbocycles. The van der Waals surface area contributed by atoms with E-state index in [0.717, 1.165) is 6.07 Å². The molecule has 1 aliphatic rings. The van der Waals surface area contributed by atoms with Gasteiger partial charge in [0.25, 0.3) is 15.9 Å². The van der Waals surface area contributed by atoms with Crippen molar-refractivity contribution in [1.29, 1.82) is 0 Å². The largest absolute Gasteiger partial charge is 0.490 e. The molecular formula is C21H17N3O8S. The normalized spacial score (nSPS) is 12.2. The Labute approximate surface area is 188 Å². The molecule has 0 saturated heterocycles. The molecule has 0 radical (unpaired) electrons. The quantitative estimate of drug-likeness (QED) is 0.394. The highest BCUT2D eigenvalue weighted by Crippen LogP contribution is 2.35. The standard InChI is InChI=1S/C21H17N3O8S/c1-30-18-9-7-14(11-17(18)24(26)27)33(28,29)23-16-5-3-2-4-15(16)21(25)22-13-6-8-19-20(10-13)32-12-31-19/h2-11,23H,12H2,1H3,(H,22,25). The number of nitrogens with zero attached hydrogens (tertiary/aromatic N) is 1. The molecule has 0 atom stereocenters. The van der Waals surface area contributed by atoms with Gasteiger partial charge in [0.1, 0.15) is 0 Å². The zero-order valence-electron chi connectivity index (χ0n) is 17.1. The molecule has 170 valence electrons. The first kappa shape index (κ1) is 21.9. The highest BCUT2D eigenvalue weighted by atomic mass is 32.2. The van der Waals surface area contributed by atoms with Crippen molar-refractivity contribution in [2.75, 3.05) is 23.9 Å². The van der Waals surface area contributed by atoms with E-state index in [1.165, 1.54) is 31.4 Å². The minimum Gasteiger partial charge on any atom is -0.490 e. The minimum absolute atomic E-state index is 0.00536. The number of methoxy groups -OCH3 is 1. The first-order chi connectivity index (χ1) is 15.8. The van der Waals surface area contributed by atoms with Gasteiger partial charge in [0, 0.05) is 17.8 Å². The smallest absolute Gasteiger partial charge is 0.312 e. The Hall–Kier alpha value is -4.32. The molecule has 0 aliphatic carbocycles. The highest BCUT2D eigenvalue weighted by molar-refractivity contribution is 7.92. The topological polar surface area (TPSA) is 146 Å². The Morgan fingerprint density at radius 2 is 1.82 bits per heavy atom. The monoisotopic (exact) mass is 471 g/mol. The van der Waals surface area contributed by atoms with Gasteiger partial charge in [0.15, 0.2) is 17.2 Å². The second kappa shape index (κ2) is 8.67. The molecule has 2 N–H and O–H groups in total. The Morgan fingerprint density at radius 3 is 2.58 bits per heavy atom. The maximum atomic E-state index is 12.9. The molecule has 12 heteroatoms. The van der Waals surface area contributed by atoms with E-state index in [-0.39, 0.29) is 28.7 Å². The van der Waals surface area contributed by atoms with E-state index in [1.807, 2.05) is 0 Å². The van der Waals surface area contributed by atoms with Gasteiger partial charge >= 0.3 is 5.69 Å². The lowest BCUT2D eigenvalue weighted by atomic mass is 10.1. The lowest BCUT2D eigenvalue weighted by Crippen LogP contribution is -2.18. The Morgan fingerprint density at radius 1 is 1.06 bits per heavy atom. The molecule has 0 fully saturated rings. The number of nitro benzene ring substituents is 1. The molecule has 0 aromatic heterocycles. The molecule has 11 nitrogen and oxygen atoms in total. The molecule has 1 amide bonds. The molecular weight excluding hydrogens is 454 g/mol. The molecule has 1 aliphatic heterocycles. The van der Waals surface area contributed by atoms with Crippen LogP contribution in [0.4, 0.5) is 17.1 Å². The van der Waals surface area contributed by atoms with Crippen molar-refractivity contribution in [2.24, 2.45) is 0 Å². The van der Waals surface area contributed by atoms with E-state index < -0.39 is 26.5 Å². The predicted molar refractivity (Wildman–Crippen MR) is 117 cm³/mol. The van der Waals surface area contributed by atoms with Crippen LogP contribution in [0, 0.1) is 10.1 Å². The van der Waals surface area contributed by atoms with E-state index in [9.17, 15) is 23.3 Å². The SMILES string of the molecule is COc1ccc(S(=O)(=O)Nc2ccccc2C(=O)Nc2ccc3c(c2)OCO3)cc1[N+](=O)[O-].